The van der Waals surface area contributed by atoms with Crippen LogP contribution in [0.1, 0.15) is 22.3 Å². The molecule has 5 nitrogen and oxygen atoms in total. The third kappa shape index (κ3) is 5.14. The molecule has 0 aromatic heterocycles. The number of hydrogen-bond acceptors (Lipinski definition) is 5. The van der Waals surface area contributed by atoms with E-state index in [1.807, 2.05) is 66.7 Å². The zero-order valence-electron chi connectivity index (χ0n) is 26.5. The average Bonchev–Trinajstić information content (AvgIpc) is 3.98. The first kappa shape index (κ1) is 28.5. The molecule has 0 radical (unpaired) electrons. The molecular formula is C44H29N5. The molecule has 0 fully saturated rings. The van der Waals surface area contributed by atoms with E-state index in [1.165, 1.54) is 0 Å². The lowest BCUT2D eigenvalue weighted by Crippen LogP contribution is -2.03. The SMILES string of the molecule is Nc1ccc(C2=C3C=CC(=N3)C(c3ccccc3)=C3C=CC(=N3)C(c3ccccc3)=C3C=CC(=N3)C(c3ccccc3)=C3C=CC2=N3)cc1. The van der Waals surface area contributed by atoms with Crippen molar-refractivity contribution in [3.63, 3.8) is 0 Å². The Kier molecular flexibility index (Phi) is 6.87. The minimum atomic E-state index is 0.701. The quantitative estimate of drug-likeness (QED) is 0.225. The summed E-state index contributed by atoms with van der Waals surface area (Å²) in [7, 11) is 0. The summed E-state index contributed by atoms with van der Waals surface area (Å²) in [6, 6.07) is 39.0. The highest BCUT2D eigenvalue weighted by atomic mass is 14.9. The van der Waals surface area contributed by atoms with Gasteiger partial charge < -0.3 is 5.73 Å². The molecule has 2 N–H and O–H groups in total. The number of nitrogens with zero attached hydrogens (tertiary/aromatic N) is 4. The van der Waals surface area contributed by atoms with Crippen LogP contribution in [-0.2, 0) is 0 Å². The van der Waals surface area contributed by atoms with Gasteiger partial charge in [-0.2, -0.15) is 0 Å². The Morgan fingerprint density at radius 3 is 0.837 bits per heavy atom. The number of aliphatic imine (C=N–C) groups is 4. The molecule has 5 aliphatic heterocycles. The molecule has 5 heterocycles. The molecule has 0 atom stereocenters. The zero-order chi connectivity index (χ0) is 32.7. The molecule has 9 rings (SSSR count). The second-order valence-electron chi connectivity index (χ2n) is 12.1. The number of rotatable bonds is 4. The predicted molar refractivity (Wildman–Crippen MR) is 204 cm³/mol. The Balaban J connectivity index is 1.37. The van der Waals surface area contributed by atoms with Crippen LogP contribution >= 0.6 is 0 Å². The number of benzene rings is 4. The highest BCUT2D eigenvalue weighted by Gasteiger charge is 2.27. The van der Waals surface area contributed by atoms with E-state index in [0.29, 0.717) is 5.69 Å². The van der Waals surface area contributed by atoms with Crippen LogP contribution in [0.15, 0.2) is 207 Å². The van der Waals surface area contributed by atoms with Crippen molar-refractivity contribution < 1.29 is 0 Å². The van der Waals surface area contributed by atoms with Gasteiger partial charge in [0, 0.05) is 28.0 Å². The van der Waals surface area contributed by atoms with Gasteiger partial charge in [0.15, 0.2) is 0 Å². The number of nitrogen functional groups attached to an aromatic ring is 1. The normalized spacial score (nSPS) is 17.7. The lowest BCUT2D eigenvalue weighted by atomic mass is 9.98. The first-order valence-electron chi connectivity index (χ1n) is 16.3. The van der Waals surface area contributed by atoms with Gasteiger partial charge in [-0.15, -0.1) is 0 Å². The van der Waals surface area contributed by atoms with Crippen molar-refractivity contribution >= 4 is 50.8 Å². The second-order valence-corrected chi connectivity index (χ2v) is 12.1. The van der Waals surface area contributed by atoms with Gasteiger partial charge in [0.25, 0.3) is 0 Å². The molecule has 0 saturated carbocycles. The standard InChI is InChI=1S/C44H29N5/c45-32-18-16-31(17-19-32)44-39-26-24-37(48-39)42(29-12-6-2-7-13-29)35-22-20-33(46-35)41(28-10-4-1-5-11-28)34-21-23-36(47-34)43(30-14-8-3-9-15-30)38-25-27-40(44)49-38/h1-27H,45H2. The van der Waals surface area contributed by atoms with Gasteiger partial charge in [-0.25, -0.2) is 20.0 Å². The number of fused-ring (bicyclic) bond motifs is 4. The largest absolute Gasteiger partial charge is 0.399 e. The van der Waals surface area contributed by atoms with E-state index in [4.69, 9.17) is 25.7 Å². The number of anilines is 1. The van der Waals surface area contributed by atoms with Crippen molar-refractivity contribution in [1.29, 1.82) is 0 Å². The minimum absolute atomic E-state index is 0.701. The average molecular weight is 628 g/mol. The Hall–Kier alpha value is -6.72. The van der Waals surface area contributed by atoms with Crippen LogP contribution in [0.2, 0.25) is 0 Å². The first-order valence-corrected chi connectivity index (χ1v) is 16.3. The maximum absolute atomic E-state index is 6.13. The van der Waals surface area contributed by atoms with Crippen molar-refractivity contribution in [2.45, 2.75) is 0 Å². The lowest BCUT2D eigenvalue weighted by Gasteiger charge is -2.12. The highest BCUT2D eigenvalue weighted by Crippen LogP contribution is 2.38. The molecule has 0 amide bonds. The monoisotopic (exact) mass is 627 g/mol. The van der Waals surface area contributed by atoms with Crippen molar-refractivity contribution in [2.75, 3.05) is 5.73 Å². The summed E-state index contributed by atoms with van der Waals surface area (Å²) >= 11 is 0. The van der Waals surface area contributed by atoms with Crippen LogP contribution in [-0.4, -0.2) is 22.8 Å². The molecule has 0 saturated heterocycles. The Morgan fingerprint density at radius 2 is 0.551 bits per heavy atom. The zero-order valence-corrected chi connectivity index (χ0v) is 26.5. The van der Waals surface area contributed by atoms with Crippen molar-refractivity contribution in [2.24, 2.45) is 20.0 Å². The predicted octanol–water partition coefficient (Wildman–Crippen LogP) is 9.27. The van der Waals surface area contributed by atoms with Gasteiger partial charge >= 0.3 is 0 Å². The summed E-state index contributed by atoms with van der Waals surface area (Å²) in [6.07, 6.45) is 16.7. The van der Waals surface area contributed by atoms with E-state index >= 15 is 0 Å². The van der Waals surface area contributed by atoms with E-state index in [0.717, 1.165) is 90.2 Å². The molecule has 5 heteroatoms. The molecule has 4 aromatic rings. The first-order chi connectivity index (χ1) is 24.2. The lowest BCUT2D eigenvalue weighted by molar-refractivity contribution is 1.41. The Bertz CT molecular complexity index is 2380. The van der Waals surface area contributed by atoms with Crippen molar-refractivity contribution in [3.05, 3.63) is 209 Å². The molecule has 4 aromatic carbocycles. The van der Waals surface area contributed by atoms with Crippen LogP contribution in [0.4, 0.5) is 5.69 Å². The van der Waals surface area contributed by atoms with Crippen molar-refractivity contribution in [1.82, 2.24) is 0 Å². The fourth-order valence-corrected chi connectivity index (χ4v) is 6.73. The molecule has 0 unspecified atom stereocenters. The fourth-order valence-electron chi connectivity index (χ4n) is 6.73. The van der Waals surface area contributed by atoms with Crippen LogP contribution in [0.5, 0.6) is 0 Å². The van der Waals surface area contributed by atoms with Gasteiger partial charge in [0.1, 0.15) is 0 Å². The van der Waals surface area contributed by atoms with Crippen molar-refractivity contribution in [3.8, 4) is 0 Å². The number of allylic oxidation sites excluding steroid dienone is 12. The Morgan fingerprint density at radius 1 is 0.286 bits per heavy atom. The summed E-state index contributed by atoms with van der Waals surface area (Å²) in [4.78, 5) is 21.2. The molecule has 5 aliphatic rings. The molecular weight excluding hydrogens is 599 g/mol. The van der Waals surface area contributed by atoms with Gasteiger partial charge in [-0.1, -0.05) is 103 Å². The van der Waals surface area contributed by atoms with Gasteiger partial charge in [-0.05, 0) is 83.0 Å². The maximum Gasteiger partial charge on any atom is 0.0738 e. The number of nitrogens with two attached hydrogens (primary N) is 1. The molecule has 0 spiro atoms. The summed E-state index contributed by atoms with van der Waals surface area (Å²) in [6.45, 7) is 0. The Labute approximate surface area is 284 Å². The van der Waals surface area contributed by atoms with E-state index in [9.17, 15) is 0 Å². The maximum atomic E-state index is 6.13. The summed E-state index contributed by atoms with van der Waals surface area (Å²) < 4.78 is 0. The highest BCUT2D eigenvalue weighted by molar-refractivity contribution is 6.39. The van der Waals surface area contributed by atoms with Crippen LogP contribution in [0, 0.1) is 0 Å². The van der Waals surface area contributed by atoms with E-state index in [1.54, 1.807) is 0 Å². The number of hydrogen-bond donors (Lipinski definition) is 1. The summed E-state index contributed by atoms with van der Waals surface area (Å²) in [5, 5.41) is 0. The molecule has 230 valence electrons. The van der Waals surface area contributed by atoms with Crippen LogP contribution in [0.3, 0.4) is 0 Å². The topological polar surface area (TPSA) is 75.5 Å². The van der Waals surface area contributed by atoms with E-state index in [-0.39, 0.29) is 0 Å². The van der Waals surface area contributed by atoms with E-state index in [2.05, 4.69) is 97.1 Å². The third-order valence-corrected chi connectivity index (χ3v) is 9.00. The minimum Gasteiger partial charge on any atom is -0.399 e. The molecule has 49 heavy (non-hydrogen) atoms. The van der Waals surface area contributed by atoms with Crippen LogP contribution < -0.4 is 5.73 Å². The van der Waals surface area contributed by atoms with Crippen LogP contribution in [0.25, 0.3) is 22.3 Å². The third-order valence-electron chi connectivity index (χ3n) is 9.00. The van der Waals surface area contributed by atoms with Gasteiger partial charge in [0.05, 0.1) is 45.6 Å². The molecule has 0 aliphatic carbocycles. The van der Waals surface area contributed by atoms with Gasteiger partial charge in [0.2, 0.25) is 0 Å². The summed E-state index contributed by atoms with van der Waals surface area (Å²) in [5.41, 5.74) is 21.5. The molecule has 8 bridgehead atoms. The fraction of sp³-hybridized carbons (Fsp3) is 0. The smallest absolute Gasteiger partial charge is 0.0738 e. The summed E-state index contributed by atoms with van der Waals surface area (Å²) in [5.74, 6) is 0. The second kappa shape index (κ2) is 11.8. The van der Waals surface area contributed by atoms with Gasteiger partial charge in [-0.3, -0.25) is 0 Å². The van der Waals surface area contributed by atoms with E-state index < -0.39 is 0 Å².